The van der Waals surface area contributed by atoms with Crippen molar-refractivity contribution in [2.45, 2.75) is 13.3 Å². The molecule has 2 unspecified atom stereocenters. The molecule has 2 aromatic rings. The van der Waals surface area contributed by atoms with Gasteiger partial charge in [-0.15, -0.1) is 0 Å². The van der Waals surface area contributed by atoms with E-state index in [1.54, 1.807) is 35.5 Å². The molecule has 0 spiro atoms. The number of carbonyl (C=O) groups is 2. The zero-order chi connectivity index (χ0) is 15.7. The van der Waals surface area contributed by atoms with Crippen molar-refractivity contribution in [1.82, 2.24) is 14.9 Å². The number of carbonyl (C=O) groups excluding carboxylic acids is 1. The molecule has 1 aromatic carbocycles. The second-order valence-electron chi connectivity index (χ2n) is 5.82. The van der Waals surface area contributed by atoms with E-state index in [-0.39, 0.29) is 18.4 Å². The van der Waals surface area contributed by atoms with Crippen LogP contribution in [0.1, 0.15) is 23.7 Å². The third-order valence-corrected chi connectivity index (χ3v) is 4.03. The first-order valence-electron chi connectivity index (χ1n) is 7.28. The van der Waals surface area contributed by atoms with E-state index in [4.69, 9.17) is 0 Å². The molecule has 0 aliphatic carbocycles. The van der Waals surface area contributed by atoms with Crippen LogP contribution in [0.15, 0.2) is 30.6 Å². The summed E-state index contributed by atoms with van der Waals surface area (Å²) in [5.74, 6) is -1.36. The van der Waals surface area contributed by atoms with Crippen molar-refractivity contribution < 1.29 is 14.7 Å². The highest BCUT2D eigenvalue weighted by molar-refractivity contribution is 6.04. The van der Waals surface area contributed by atoms with Gasteiger partial charge in [0.1, 0.15) is 5.52 Å². The lowest BCUT2D eigenvalue weighted by Crippen LogP contribution is -2.45. The van der Waals surface area contributed by atoms with E-state index in [1.165, 1.54) is 0 Å². The van der Waals surface area contributed by atoms with E-state index in [0.29, 0.717) is 29.6 Å². The fourth-order valence-corrected chi connectivity index (χ4v) is 3.03. The second-order valence-corrected chi connectivity index (χ2v) is 5.82. The highest BCUT2D eigenvalue weighted by atomic mass is 16.4. The molecule has 0 saturated carbocycles. The van der Waals surface area contributed by atoms with Crippen LogP contribution < -0.4 is 0 Å². The third kappa shape index (κ3) is 2.64. The molecule has 6 nitrogen and oxygen atoms in total. The number of nitrogens with zero attached hydrogens (tertiary/aromatic N) is 3. The number of benzene rings is 1. The minimum absolute atomic E-state index is 0.167. The number of amides is 1. The van der Waals surface area contributed by atoms with E-state index in [0.717, 1.165) is 0 Å². The molecular weight excluding hydrogens is 282 g/mol. The molecule has 1 N–H and O–H groups in total. The maximum Gasteiger partial charge on any atom is 0.308 e. The molecule has 1 aliphatic heterocycles. The number of piperidine rings is 1. The average Bonchev–Trinajstić information content (AvgIpc) is 2.53. The number of aliphatic carboxylic acids is 1. The van der Waals surface area contributed by atoms with Gasteiger partial charge in [-0.1, -0.05) is 13.0 Å². The Morgan fingerprint density at radius 3 is 2.77 bits per heavy atom. The van der Waals surface area contributed by atoms with Crippen LogP contribution in [-0.4, -0.2) is 44.9 Å². The molecule has 0 radical (unpaired) electrons. The van der Waals surface area contributed by atoms with Crippen LogP contribution in [-0.2, 0) is 4.79 Å². The molecular formula is C16H17N3O3. The van der Waals surface area contributed by atoms with Crippen molar-refractivity contribution in [3.05, 3.63) is 36.2 Å². The molecule has 1 amide bonds. The maximum absolute atomic E-state index is 12.8. The topological polar surface area (TPSA) is 83.4 Å². The normalized spacial score (nSPS) is 21.8. The summed E-state index contributed by atoms with van der Waals surface area (Å²) in [6.07, 6.45) is 3.74. The third-order valence-electron chi connectivity index (χ3n) is 4.03. The Balaban J connectivity index is 1.93. The number of aromatic nitrogens is 2. The second kappa shape index (κ2) is 5.71. The summed E-state index contributed by atoms with van der Waals surface area (Å²) in [6.45, 7) is 2.78. The summed E-state index contributed by atoms with van der Waals surface area (Å²) in [6, 6.07) is 5.29. The van der Waals surface area contributed by atoms with E-state index >= 15 is 0 Å². The molecule has 0 bridgehead atoms. The highest BCUT2D eigenvalue weighted by Crippen LogP contribution is 2.24. The van der Waals surface area contributed by atoms with Gasteiger partial charge in [0.2, 0.25) is 0 Å². The fourth-order valence-electron chi connectivity index (χ4n) is 3.03. The zero-order valence-electron chi connectivity index (χ0n) is 12.3. The van der Waals surface area contributed by atoms with Crippen LogP contribution in [0.3, 0.4) is 0 Å². The van der Waals surface area contributed by atoms with Crippen LogP contribution in [0.4, 0.5) is 0 Å². The van der Waals surface area contributed by atoms with Crippen molar-refractivity contribution >= 4 is 22.9 Å². The van der Waals surface area contributed by atoms with Gasteiger partial charge in [0.15, 0.2) is 0 Å². The Morgan fingerprint density at radius 1 is 1.23 bits per heavy atom. The zero-order valence-corrected chi connectivity index (χ0v) is 12.3. The monoisotopic (exact) mass is 299 g/mol. The number of carboxylic acid groups (broad SMARTS) is 1. The number of hydrogen-bond acceptors (Lipinski definition) is 4. The molecule has 22 heavy (non-hydrogen) atoms. The van der Waals surface area contributed by atoms with Gasteiger partial charge in [-0.2, -0.15) is 0 Å². The Kier molecular flexibility index (Phi) is 3.75. The number of likely N-dealkylation sites (tertiary alicyclic amines) is 1. The first-order chi connectivity index (χ1) is 10.6. The Bertz CT molecular complexity index is 726. The first kappa shape index (κ1) is 14.4. The van der Waals surface area contributed by atoms with Gasteiger partial charge in [-0.3, -0.25) is 19.6 Å². The van der Waals surface area contributed by atoms with Crippen molar-refractivity contribution in [1.29, 1.82) is 0 Å². The van der Waals surface area contributed by atoms with Gasteiger partial charge in [0.25, 0.3) is 5.91 Å². The Labute approximate surface area is 127 Å². The van der Waals surface area contributed by atoms with Gasteiger partial charge in [0, 0.05) is 25.5 Å². The Hall–Kier alpha value is -2.50. The van der Waals surface area contributed by atoms with Crippen molar-refractivity contribution in [3.63, 3.8) is 0 Å². The van der Waals surface area contributed by atoms with E-state index < -0.39 is 11.9 Å². The molecule has 2 atom stereocenters. The number of fused-ring (bicyclic) bond motifs is 1. The molecule has 2 heterocycles. The number of rotatable bonds is 2. The van der Waals surface area contributed by atoms with Crippen LogP contribution in [0.5, 0.6) is 0 Å². The highest BCUT2D eigenvalue weighted by Gasteiger charge is 2.32. The summed E-state index contributed by atoms with van der Waals surface area (Å²) in [7, 11) is 0. The molecule has 1 aromatic heterocycles. The van der Waals surface area contributed by atoms with Crippen molar-refractivity contribution in [2.75, 3.05) is 13.1 Å². The predicted octanol–water partition coefficient (Wildman–Crippen LogP) is 1.81. The lowest BCUT2D eigenvalue weighted by Gasteiger charge is -2.34. The van der Waals surface area contributed by atoms with Gasteiger partial charge < -0.3 is 10.0 Å². The van der Waals surface area contributed by atoms with E-state index in [2.05, 4.69) is 9.97 Å². The summed E-state index contributed by atoms with van der Waals surface area (Å²) in [5, 5.41) is 9.24. The largest absolute Gasteiger partial charge is 0.481 e. The maximum atomic E-state index is 12.8. The minimum atomic E-state index is -0.845. The molecule has 1 aliphatic rings. The van der Waals surface area contributed by atoms with Crippen molar-refractivity contribution in [2.24, 2.45) is 11.8 Å². The number of carboxylic acids is 1. The smallest absolute Gasteiger partial charge is 0.308 e. The van der Waals surface area contributed by atoms with Gasteiger partial charge >= 0.3 is 5.97 Å². The van der Waals surface area contributed by atoms with E-state index in [1.807, 2.05) is 6.92 Å². The number of para-hydroxylation sites is 1. The molecule has 1 fully saturated rings. The summed E-state index contributed by atoms with van der Waals surface area (Å²) >= 11 is 0. The summed E-state index contributed by atoms with van der Waals surface area (Å²) in [5.41, 5.74) is 1.69. The average molecular weight is 299 g/mol. The van der Waals surface area contributed by atoms with Gasteiger partial charge in [-0.05, 0) is 24.5 Å². The first-order valence-corrected chi connectivity index (χ1v) is 7.28. The minimum Gasteiger partial charge on any atom is -0.481 e. The quantitative estimate of drug-likeness (QED) is 0.914. The van der Waals surface area contributed by atoms with Crippen LogP contribution >= 0.6 is 0 Å². The Morgan fingerprint density at radius 2 is 2.00 bits per heavy atom. The molecule has 1 saturated heterocycles. The van der Waals surface area contributed by atoms with Gasteiger partial charge in [0.05, 0.1) is 17.0 Å². The molecule has 6 heteroatoms. The molecule has 3 rings (SSSR count). The van der Waals surface area contributed by atoms with Crippen LogP contribution in [0.2, 0.25) is 0 Å². The number of hydrogen-bond donors (Lipinski definition) is 1. The predicted molar refractivity (Wildman–Crippen MR) is 80.3 cm³/mol. The standard InChI is InChI=1S/C16H17N3O3/c1-10-7-11(16(21)22)9-19(8-10)15(20)12-3-2-4-13-14(12)18-6-5-17-13/h2-6,10-11H,7-9H2,1H3,(H,21,22). The van der Waals surface area contributed by atoms with E-state index in [9.17, 15) is 14.7 Å². The summed E-state index contributed by atoms with van der Waals surface area (Å²) < 4.78 is 0. The van der Waals surface area contributed by atoms with Gasteiger partial charge in [-0.25, -0.2) is 0 Å². The SMILES string of the molecule is CC1CC(C(=O)O)CN(C(=O)c2cccc3nccnc23)C1. The lowest BCUT2D eigenvalue weighted by atomic mass is 9.90. The molecule has 114 valence electrons. The summed E-state index contributed by atoms with van der Waals surface area (Å²) in [4.78, 5) is 34.1. The van der Waals surface area contributed by atoms with Crippen LogP contribution in [0, 0.1) is 11.8 Å². The lowest BCUT2D eigenvalue weighted by molar-refractivity contribution is -0.143. The van der Waals surface area contributed by atoms with Crippen molar-refractivity contribution in [3.8, 4) is 0 Å². The van der Waals surface area contributed by atoms with Crippen LogP contribution in [0.25, 0.3) is 11.0 Å². The fraction of sp³-hybridized carbons (Fsp3) is 0.375.